The Kier molecular flexibility index (Phi) is 9.36. The molecule has 0 saturated carbocycles. The van der Waals surface area contributed by atoms with Gasteiger partial charge in [0.2, 0.25) is 0 Å². The van der Waals surface area contributed by atoms with Crippen molar-refractivity contribution in [2.75, 3.05) is 0 Å². The largest absolute Gasteiger partial charge is 0.538 e. The summed E-state index contributed by atoms with van der Waals surface area (Å²) in [5.41, 5.74) is 0. The van der Waals surface area contributed by atoms with Crippen LogP contribution in [-0.4, -0.2) is 21.1 Å². The summed E-state index contributed by atoms with van der Waals surface area (Å²) >= 11 is 0. The van der Waals surface area contributed by atoms with E-state index in [1.807, 2.05) is 8.37 Å². The Morgan fingerprint density at radius 3 is 1.07 bits per heavy atom. The number of hydrogen-bond acceptors (Lipinski definition) is 4. The van der Waals surface area contributed by atoms with Crippen molar-refractivity contribution in [3.63, 3.8) is 0 Å². The fraction of sp³-hybridized carbons (Fsp3) is 1.00. The van der Waals surface area contributed by atoms with Crippen molar-refractivity contribution in [3.8, 4) is 0 Å². The zero-order valence-electron chi connectivity index (χ0n) is 5.91. The SMILES string of the molecule is O=S(=O)(OC(F)(F)F)OC(F)(F)F.[Ag].[Ag]. The number of alkyl halides is 6. The van der Waals surface area contributed by atoms with Gasteiger partial charge in [0, 0.05) is 44.8 Å². The fourth-order valence-corrected chi connectivity index (χ4v) is 0.745. The molecule has 0 fully saturated rings. The predicted octanol–water partition coefficient (Wildman–Crippen LogP) is 1.30. The molecular weight excluding hydrogens is 450 g/mol. The normalized spacial score (nSPS) is 12.7. The van der Waals surface area contributed by atoms with E-state index in [9.17, 15) is 34.8 Å². The quantitative estimate of drug-likeness (QED) is 0.471. The molecule has 13 heteroatoms. The van der Waals surface area contributed by atoms with Gasteiger partial charge < -0.3 is 0 Å². The van der Waals surface area contributed by atoms with Gasteiger partial charge in [-0.3, -0.25) is 0 Å². The minimum absolute atomic E-state index is 0. The third-order valence-electron chi connectivity index (χ3n) is 0.393. The van der Waals surface area contributed by atoms with Gasteiger partial charge in [0.1, 0.15) is 0 Å². The first-order valence-electron chi connectivity index (χ1n) is 2.21. The van der Waals surface area contributed by atoms with Crippen LogP contribution in [0.2, 0.25) is 0 Å². The number of rotatable bonds is 2. The maximum atomic E-state index is 11.1. The van der Waals surface area contributed by atoms with Gasteiger partial charge in [0.25, 0.3) is 0 Å². The molecule has 102 valence electrons. The molecule has 4 nitrogen and oxygen atoms in total. The zero-order chi connectivity index (χ0) is 10.9. The van der Waals surface area contributed by atoms with Crippen LogP contribution in [0.4, 0.5) is 26.3 Å². The first-order valence-corrected chi connectivity index (χ1v) is 3.54. The van der Waals surface area contributed by atoms with E-state index in [4.69, 9.17) is 0 Å². The Morgan fingerprint density at radius 2 is 0.933 bits per heavy atom. The van der Waals surface area contributed by atoms with Crippen molar-refractivity contribution >= 4 is 10.4 Å². The second kappa shape index (κ2) is 6.61. The molecule has 0 rings (SSSR count). The predicted molar refractivity (Wildman–Crippen MR) is 23.2 cm³/mol. The van der Waals surface area contributed by atoms with E-state index in [0.717, 1.165) is 0 Å². The van der Waals surface area contributed by atoms with E-state index in [-0.39, 0.29) is 44.8 Å². The summed E-state index contributed by atoms with van der Waals surface area (Å²) in [4.78, 5) is 0. The molecule has 0 aromatic heterocycles. The third kappa shape index (κ3) is 14.9. The van der Waals surface area contributed by atoms with Gasteiger partial charge in [-0.05, 0) is 0 Å². The topological polar surface area (TPSA) is 52.6 Å². The molecule has 2 radical (unpaired) electrons. The molecular formula is C2Ag2F6O4S. The molecule has 0 N–H and O–H groups in total. The van der Waals surface area contributed by atoms with Crippen LogP contribution in [0.5, 0.6) is 0 Å². The minimum Gasteiger partial charge on any atom is -0.169 e. The van der Waals surface area contributed by atoms with Gasteiger partial charge in [-0.2, -0.15) is 8.42 Å². The molecule has 0 heterocycles. The van der Waals surface area contributed by atoms with Crippen LogP contribution >= 0.6 is 0 Å². The molecule has 0 aliphatic carbocycles. The van der Waals surface area contributed by atoms with Crippen LogP contribution in [0.15, 0.2) is 0 Å². The summed E-state index contributed by atoms with van der Waals surface area (Å²) < 4.78 is 90.1. The van der Waals surface area contributed by atoms with Crippen LogP contribution in [-0.2, 0) is 63.5 Å². The van der Waals surface area contributed by atoms with Gasteiger partial charge in [-0.1, -0.05) is 0 Å². The fourth-order valence-electron chi connectivity index (χ4n) is 0.248. The van der Waals surface area contributed by atoms with Crippen molar-refractivity contribution in [2.45, 2.75) is 12.7 Å². The molecule has 0 aromatic rings. The second-order valence-electron chi connectivity index (χ2n) is 1.47. The summed E-state index contributed by atoms with van der Waals surface area (Å²) in [5.74, 6) is 0. The summed E-state index contributed by atoms with van der Waals surface area (Å²) in [6, 6.07) is 0. The van der Waals surface area contributed by atoms with Gasteiger partial charge in [0.05, 0.1) is 0 Å². The first-order chi connectivity index (χ1) is 5.41. The maximum Gasteiger partial charge on any atom is 0.538 e. The number of halogens is 6. The Bertz CT molecular complexity index is 246. The van der Waals surface area contributed by atoms with Crippen LogP contribution < -0.4 is 0 Å². The molecule has 15 heavy (non-hydrogen) atoms. The average molecular weight is 450 g/mol. The molecule has 0 amide bonds. The third-order valence-corrected chi connectivity index (χ3v) is 1.18. The van der Waals surface area contributed by atoms with Gasteiger partial charge in [-0.15, -0.1) is 34.7 Å². The first kappa shape index (κ1) is 21.2. The Balaban J connectivity index is -0.000000720. The van der Waals surface area contributed by atoms with E-state index < -0.39 is 23.1 Å². The summed E-state index contributed by atoms with van der Waals surface area (Å²) in [7, 11) is -6.15. The summed E-state index contributed by atoms with van der Waals surface area (Å²) in [6.45, 7) is 0. The monoisotopic (exact) mass is 448 g/mol. The standard InChI is InChI=1S/C2F6O4S.2Ag/c3-1(4,5)11-13(9,10)12-2(6,7)8;;. The summed E-state index contributed by atoms with van der Waals surface area (Å²) in [6.07, 6.45) is -11.5. The Morgan fingerprint density at radius 1 is 0.733 bits per heavy atom. The van der Waals surface area contributed by atoms with E-state index in [2.05, 4.69) is 0 Å². The number of hydrogen-bond donors (Lipinski definition) is 0. The minimum atomic E-state index is -6.15. The molecule has 0 spiro atoms. The van der Waals surface area contributed by atoms with Crippen LogP contribution in [0, 0.1) is 0 Å². The Labute approximate surface area is 111 Å². The van der Waals surface area contributed by atoms with E-state index in [1.165, 1.54) is 0 Å². The Hall–Kier alpha value is 0.931. The molecule has 0 unspecified atom stereocenters. The van der Waals surface area contributed by atoms with Crippen molar-refractivity contribution in [1.29, 1.82) is 0 Å². The van der Waals surface area contributed by atoms with Crippen molar-refractivity contribution in [1.82, 2.24) is 0 Å². The molecule has 0 aliphatic heterocycles. The van der Waals surface area contributed by atoms with Crippen molar-refractivity contribution in [3.05, 3.63) is 0 Å². The molecule has 0 aromatic carbocycles. The zero-order valence-corrected chi connectivity index (χ0v) is 9.69. The van der Waals surface area contributed by atoms with Crippen LogP contribution in [0.1, 0.15) is 0 Å². The van der Waals surface area contributed by atoms with Gasteiger partial charge in [-0.25, -0.2) is 0 Å². The maximum absolute atomic E-state index is 11.1. The van der Waals surface area contributed by atoms with E-state index in [1.54, 1.807) is 0 Å². The molecule has 0 aliphatic rings. The van der Waals surface area contributed by atoms with Gasteiger partial charge >= 0.3 is 23.1 Å². The second-order valence-corrected chi connectivity index (χ2v) is 2.62. The van der Waals surface area contributed by atoms with E-state index >= 15 is 0 Å². The summed E-state index contributed by atoms with van der Waals surface area (Å²) in [5, 5.41) is 0. The smallest absolute Gasteiger partial charge is 0.169 e. The van der Waals surface area contributed by atoms with Crippen LogP contribution in [0.3, 0.4) is 0 Å². The van der Waals surface area contributed by atoms with Gasteiger partial charge in [0.15, 0.2) is 0 Å². The van der Waals surface area contributed by atoms with Crippen LogP contribution in [0.25, 0.3) is 0 Å². The van der Waals surface area contributed by atoms with Crippen molar-refractivity contribution in [2.24, 2.45) is 0 Å². The molecule has 0 bridgehead atoms. The molecule has 0 atom stereocenters. The average Bonchev–Trinajstić information content (AvgIpc) is 1.43. The molecule has 0 saturated heterocycles. The van der Waals surface area contributed by atoms with E-state index in [0.29, 0.717) is 0 Å². The van der Waals surface area contributed by atoms with Crippen molar-refractivity contribution < 1.29 is 87.9 Å².